The van der Waals surface area contributed by atoms with Crippen LogP contribution in [0.5, 0.6) is 0 Å². The number of hydrogen-bond donors (Lipinski definition) is 0. The van der Waals surface area contributed by atoms with Crippen LogP contribution in [0, 0.1) is 0 Å². The van der Waals surface area contributed by atoms with Gasteiger partial charge in [-0.1, -0.05) is 12.1 Å². The van der Waals surface area contributed by atoms with Gasteiger partial charge in [-0.15, -0.1) is 20.5 Å². The van der Waals surface area contributed by atoms with Crippen LogP contribution in [0.4, 0.5) is 5.69 Å². The standard InChI is InChI=1S/C15H23N3O2/c1-14(2)15(3,4)18(20)13(17(14)19)11-7-9-12(10-8-11)16(5)6/h7-10,13H,1-6H3. The van der Waals surface area contributed by atoms with E-state index in [1.54, 1.807) is 0 Å². The van der Waals surface area contributed by atoms with Crippen molar-refractivity contribution in [2.45, 2.75) is 44.9 Å². The molecule has 110 valence electrons. The van der Waals surface area contributed by atoms with Crippen LogP contribution in [0.25, 0.3) is 0 Å². The van der Waals surface area contributed by atoms with Gasteiger partial charge in [0.2, 0.25) is 0 Å². The second kappa shape index (κ2) is 4.70. The van der Waals surface area contributed by atoms with E-state index in [1.807, 2.05) is 71.0 Å². The number of hydroxylamine groups is 4. The first-order valence-electron chi connectivity index (χ1n) is 6.81. The largest absolute Gasteiger partial charge is 0.378 e. The third-order valence-electron chi connectivity index (χ3n) is 4.75. The van der Waals surface area contributed by atoms with Gasteiger partial charge in [0.05, 0.1) is 11.1 Å². The van der Waals surface area contributed by atoms with E-state index in [4.69, 9.17) is 0 Å². The smallest absolute Gasteiger partial charge is 0.143 e. The molecule has 0 saturated carbocycles. The Balaban J connectivity index is 2.38. The van der Waals surface area contributed by atoms with E-state index in [1.165, 1.54) is 0 Å². The molecule has 0 bridgehead atoms. The Morgan fingerprint density at radius 1 is 0.900 bits per heavy atom. The molecule has 0 aliphatic carbocycles. The van der Waals surface area contributed by atoms with Crippen LogP contribution in [0.15, 0.2) is 24.3 Å². The zero-order valence-corrected chi connectivity index (χ0v) is 13.0. The van der Waals surface area contributed by atoms with Crippen LogP contribution in [0.1, 0.15) is 39.4 Å². The molecular weight excluding hydrogens is 254 g/mol. The highest BCUT2D eigenvalue weighted by Crippen LogP contribution is 2.47. The Morgan fingerprint density at radius 3 is 1.65 bits per heavy atom. The van der Waals surface area contributed by atoms with Gasteiger partial charge in [-0.05, 0) is 45.4 Å². The molecule has 5 heteroatoms. The highest BCUT2D eigenvalue weighted by atomic mass is 16.6. The van der Waals surface area contributed by atoms with E-state index in [9.17, 15) is 10.4 Å². The van der Waals surface area contributed by atoms with E-state index < -0.39 is 17.2 Å². The Hall–Kier alpha value is -1.14. The quantitative estimate of drug-likeness (QED) is 0.835. The van der Waals surface area contributed by atoms with Crippen molar-refractivity contribution in [2.75, 3.05) is 19.0 Å². The molecule has 0 spiro atoms. The first-order chi connectivity index (χ1) is 9.10. The van der Waals surface area contributed by atoms with E-state index in [2.05, 4.69) is 0 Å². The SMILES string of the molecule is CN(C)c1ccc(C2N([O])C(C)(C)C(C)(C)N2[O])cc1. The van der Waals surface area contributed by atoms with Crippen molar-refractivity contribution in [3.8, 4) is 0 Å². The molecule has 0 amide bonds. The molecule has 0 N–H and O–H groups in total. The van der Waals surface area contributed by atoms with Gasteiger partial charge in [0.1, 0.15) is 6.17 Å². The van der Waals surface area contributed by atoms with Crippen molar-refractivity contribution in [2.24, 2.45) is 0 Å². The number of nitrogens with zero attached hydrogens (tertiary/aromatic N) is 3. The summed E-state index contributed by atoms with van der Waals surface area (Å²) in [6, 6.07) is 7.56. The molecule has 2 rings (SSSR count). The van der Waals surface area contributed by atoms with E-state index in [0.717, 1.165) is 21.4 Å². The van der Waals surface area contributed by atoms with Crippen LogP contribution in [0.2, 0.25) is 0 Å². The lowest BCUT2D eigenvalue weighted by atomic mass is 9.84. The minimum Gasteiger partial charge on any atom is -0.378 e. The fraction of sp³-hybridized carbons (Fsp3) is 0.600. The van der Waals surface area contributed by atoms with Gasteiger partial charge >= 0.3 is 0 Å². The minimum atomic E-state index is -0.781. The van der Waals surface area contributed by atoms with Gasteiger partial charge in [0.25, 0.3) is 0 Å². The summed E-state index contributed by atoms with van der Waals surface area (Å²) in [6.07, 6.45) is -0.781. The monoisotopic (exact) mass is 277 g/mol. The van der Waals surface area contributed by atoms with Crippen molar-refractivity contribution in [1.82, 2.24) is 10.1 Å². The Bertz CT molecular complexity index is 462. The van der Waals surface area contributed by atoms with Crippen molar-refractivity contribution in [3.63, 3.8) is 0 Å². The molecule has 5 nitrogen and oxygen atoms in total. The Labute approximate surface area is 120 Å². The molecule has 1 heterocycles. The molecule has 2 radical (unpaired) electrons. The van der Waals surface area contributed by atoms with E-state index >= 15 is 0 Å². The van der Waals surface area contributed by atoms with Gasteiger partial charge in [0, 0.05) is 19.8 Å². The maximum Gasteiger partial charge on any atom is 0.143 e. The molecule has 1 aliphatic heterocycles. The normalized spacial score (nSPS) is 23.2. The highest BCUT2D eigenvalue weighted by Gasteiger charge is 2.59. The van der Waals surface area contributed by atoms with Crippen LogP contribution in [-0.4, -0.2) is 35.3 Å². The van der Waals surface area contributed by atoms with Crippen LogP contribution in [0.3, 0.4) is 0 Å². The second-order valence-corrected chi connectivity index (χ2v) is 6.63. The number of anilines is 1. The lowest BCUT2D eigenvalue weighted by Gasteiger charge is -2.36. The zero-order chi connectivity index (χ0) is 15.3. The summed E-state index contributed by atoms with van der Waals surface area (Å²) >= 11 is 0. The number of rotatable bonds is 2. The molecule has 1 fully saturated rings. The first kappa shape index (κ1) is 15.3. The van der Waals surface area contributed by atoms with E-state index in [0.29, 0.717) is 0 Å². The second-order valence-electron chi connectivity index (χ2n) is 6.63. The van der Waals surface area contributed by atoms with Gasteiger partial charge < -0.3 is 4.90 Å². The lowest BCUT2D eigenvalue weighted by molar-refractivity contribution is -0.278. The fourth-order valence-electron chi connectivity index (χ4n) is 2.46. The number of hydrogen-bond acceptors (Lipinski definition) is 3. The first-order valence-corrected chi connectivity index (χ1v) is 6.81. The molecule has 1 aromatic rings. The molecule has 0 atom stereocenters. The van der Waals surface area contributed by atoms with Crippen molar-refractivity contribution in [3.05, 3.63) is 29.8 Å². The lowest BCUT2D eigenvalue weighted by Crippen LogP contribution is -2.52. The predicted octanol–water partition coefficient (Wildman–Crippen LogP) is 2.62. The fourth-order valence-corrected chi connectivity index (χ4v) is 2.46. The van der Waals surface area contributed by atoms with Crippen LogP contribution >= 0.6 is 0 Å². The number of benzene rings is 1. The maximum absolute atomic E-state index is 12.5. The molecule has 1 saturated heterocycles. The van der Waals surface area contributed by atoms with Crippen LogP contribution in [-0.2, 0) is 10.4 Å². The predicted molar refractivity (Wildman–Crippen MR) is 76.7 cm³/mol. The average Bonchev–Trinajstić information content (AvgIpc) is 2.49. The average molecular weight is 277 g/mol. The Kier molecular flexibility index (Phi) is 3.59. The summed E-state index contributed by atoms with van der Waals surface area (Å²) < 4.78 is 0. The van der Waals surface area contributed by atoms with Gasteiger partial charge in [0.15, 0.2) is 0 Å². The Morgan fingerprint density at radius 2 is 1.30 bits per heavy atom. The summed E-state index contributed by atoms with van der Waals surface area (Å²) in [5.41, 5.74) is 0.304. The minimum absolute atomic E-state index is 0.735. The molecule has 20 heavy (non-hydrogen) atoms. The molecule has 0 unspecified atom stereocenters. The summed E-state index contributed by atoms with van der Waals surface area (Å²) in [4.78, 5) is 1.98. The molecule has 0 aromatic heterocycles. The van der Waals surface area contributed by atoms with Gasteiger partial charge in [-0.25, -0.2) is 0 Å². The van der Waals surface area contributed by atoms with Gasteiger partial charge in [-0.3, -0.25) is 0 Å². The summed E-state index contributed by atoms with van der Waals surface area (Å²) in [6.45, 7) is 7.27. The maximum atomic E-state index is 12.5. The van der Waals surface area contributed by atoms with Crippen molar-refractivity contribution < 1.29 is 10.4 Å². The zero-order valence-electron chi connectivity index (χ0n) is 13.0. The van der Waals surface area contributed by atoms with Crippen molar-refractivity contribution in [1.29, 1.82) is 0 Å². The summed E-state index contributed by atoms with van der Waals surface area (Å²) in [5, 5.41) is 26.9. The third-order valence-corrected chi connectivity index (χ3v) is 4.75. The van der Waals surface area contributed by atoms with Crippen molar-refractivity contribution >= 4 is 5.69 Å². The highest BCUT2D eigenvalue weighted by molar-refractivity contribution is 5.46. The summed E-state index contributed by atoms with van der Waals surface area (Å²) in [7, 11) is 3.91. The van der Waals surface area contributed by atoms with Gasteiger partial charge in [-0.2, -0.15) is 0 Å². The molecular formula is C15H23N3O2. The topological polar surface area (TPSA) is 49.5 Å². The summed E-state index contributed by atoms with van der Waals surface area (Å²) in [5.74, 6) is 0. The third kappa shape index (κ3) is 2.02. The van der Waals surface area contributed by atoms with E-state index in [-0.39, 0.29) is 0 Å². The molecule has 1 aromatic carbocycles. The van der Waals surface area contributed by atoms with Crippen LogP contribution < -0.4 is 4.90 Å². The molecule has 1 aliphatic rings.